The number of fused-ring (bicyclic) bond motifs is 1. The topological polar surface area (TPSA) is 58.4 Å². The summed E-state index contributed by atoms with van der Waals surface area (Å²) in [6.07, 6.45) is 6.23. The molecule has 21 heavy (non-hydrogen) atoms. The Morgan fingerprint density at radius 3 is 2.76 bits per heavy atom. The summed E-state index contributed by atoms with van der Waals surface area (Å²) in [5.41, 5.74) is 0.997. The Kier molecular flexibility index (Phi) is 3.57. The number of aromatic nitrogens is 4. The minimum absolute atomic E-state index is 0.164. The van der Waals surface area contributed by atoms with E-state index in [9.17, 15) is 0 Å². The zero-order valence-electron chi connectivity index (χ0n) is 13.3. The minimum atomic E-state index is 0.164. The fourth-order valence-corrected chi connectivity index (χ4v) is 2.82. The molecule has 0 aliphatic heterocycles. The van der Waals surface area contributed by atoms with Gasteiger partial charge in [0.1, 0.15) is 5.82 Å². The highest BCUT2D eigenvalue weighted by atomic mass is 15.3. The van der Waals surface area contributed by atoms with Gasteiger partial charge < -0.3 is 10.2 Å². The molecule has 2 heterocycles. The lowest BCUT2D eigenvalue weighted by Gasteiger charge is -2.28. The second-order valence-electron chi connectivity index (χ2n) is 7.06. The first-order valence-electron chi connectivity index (χ1n) is 7.54. The van der Waals surface area contributed by atoms with Crippen molar-refractivity contribution >= 4 is 11.5 Å². The Morgan fingerprint density at radius 2 is 2.10 bits per heavy atom. The van der Waals surface area contributed by atoms with Crippen molar-refractivity contribution in [3.63, 3.8) is 0 Å². The molecule has 0 unspecified atom stereocenters. The van der Waals surface area contributed by atoms with Crippen LogP contribution in [0.1, 0.15) is 38.4 Å². The summed E-state index contributed by atoms with van der Waals surface area (Å²) in [5.74, 6) is 2.48. The molecule has 114 valence electrons. The molecular formula is C15H24N6. The second-order valence-corrected chi connectivity index (χ2v) is 7.06. The number of nitrogens with zero attached hydrogens (tertiary/aromatic N) is 5. The van der Waals surface area contributed by atoms with Crippen molar-refractivity contribution in [2.45, 2.75) is 32.6 Å². The molecule has 0 bridgehead atoms. The molecule has 0 spiro atoms. The monoisotopic (exact) mass is 288 g/mol. The number of rotatable bonds is 6. The molecule has 2 aromatic rings. The van der Waals surface area contributed by atoms with Gasteiger partial charge >= 0.3 is 0 Å². The maximum atomic E-state index is 4.43. The second kappa shape index (κ2) is 5.26. The summed E-state index contributed by atoms with van der Waals surface area (Å²) in [5, 5.41) is 12.1. The van der Waals surface area contributed by atoms with Crippen molar-refractivity contribution in [1.29, 1.82) is 0 Å². The van der Waals surface area contributed by atoms with E-state index >= 15 is 0 Å². The van der Waals surface area contributed by atoms with Crippen LogP contribution in [-0.4, -0.2) is 51.7 Å². The van der Waals surface area contributed by atoms with Crippen molar-refractivity contribution in [3.8, 4) is 0 Å². The molecule has 6 heteroatoms. The summed E-state index contributed by atoms with van der Waals surface area (Å²) in [4.78, 5) is 6.64. The van der Waals surface area contributed by atoms with Gasteiger partial charge in [-0.15, -0.1) is 10.2 Å². The number of hydrogen-bond donors (Lipinski definition) is 1. The van der Waals surface area contributed by atoms with Gasteiger partial charge in [-0.1, -0.05) is 13.8 Å². The van der Waals surface area contributed by atoms with Crippen molar-refractivity contribution in [3.05, 3.63) is 18.2 Å². The van der Waals surface area contributed by atoms with E-state index in [0.717, 1.165) is 30.4 Å². The summed E-state index contributed by atoms with van der Waals surface area (Å²) in [6.45, 7) is 6.37. The molecule has 0 aromatic carbocycles. The van der Waals surface area contributed by atoms with Crippen LogP contribution in [0.25, 0.3) is 5.65 Å². The average molecular weight is 288 g/mol. The first-order valence-corrected chi connectivity index (χ1v) is 7.54. The summed E-state index contributed by atoms with van der Waals surface area (Å²) in [6, 6.07) is 0. The molecule has 0 amide bonds. The first kappa shape index (κ1) is 14.3. The lowest BCUT2D eigenvalue weighted by molar-refractivity contribution is 0.254. The van der Waals surface area contributed by atoms with Crippen molar-refractivity contribution in [2.75, 3.05) is 32.5 Å². The number of nitrogens with one attached hydrogen (secondary N) is 1. The third-order valence-electron chi connectivity index (χ3n) is 3.77. The van der Waals surface area contributed by atoms with Gasteiger partial charge in [0.05, 0.1) is 0 Å². The normalized spacial score (nSPS) is 15.9. The van der Waals surface area contributed by atoms with Crippen LogP contribution in [0.5, 0.6) is 0 Å². The lowest BCUT2D eigenvalue weighted by atomic mass is 9.93. The Morgan fingerprint density at radius 1 is 1.33 bits per heavy atom. The highest BCUT2D eigenvalue weighted by Crippen LogP contribution is 2.39. The number of anilines is 1. The molecule has 1 fully saturated rings. The molecule has 0 saturated heterocycles. The van der Waals surface area contributed by atoms with Crippen LogP contribution in [-0.2, 0) is 0 Å². The highest BCUT2D eigenvalue weighted by Gasteiger charge is 2.29. The molecule has 1 saturated carbocycles. The third-order valence-corrected chi connectivity index (χ3v) is 3.77. The fourth-order valence-electron chi connectivity index (χ4n) is 2.82. The van der Waals surface area contributed by atoms with E-state index in [1.54, 1.807) is 0 Å². The largest absolute Gasteiger partial charge is 0.366 e. The molecular weight excluding hydrogens is 264 g/mol. The van der Waals surface area contributed by atoms with Gasteiger partial charge in [-0.2, -0.15) is 0 Å². The van der Waals surface area contributed by atoms with Crippen molar-refractivity contribution < 1.29 is 0 Å². The van der Waals surface area contributed by atoms with E-state index in [4.69, 9.17) is 0 Å². The molecule has 1 aliphatic rings. The van der Waals surface area contributed by atoms with Crippen LogP contribution >= 0.6 is 0 Å². The smallest absolute Gasteiger partial charge is 0.203 e. The van der Waals surface area contributed by atoms with Gasteiger partial charge in [0.15, 0.2) is 5.82 Å². The van der Waals surface area contributed by atoms with E-state index in [1.165, 1.54) is 12.8 Å². The zero-order chi connectivity index (χ0) is 15.0. The Bertz CT molecular complexity index is 626. The SMILES string of the molecule is CN(C)CC(C)(C)CNc1nccn2c(C3CC3)nnc12. The maximum absolute atomic E-state index is 4.43. The van der Waals surface area contributed by atoms with Gasteiger partial charge in [-0.3, -0.25) is 4.40 Å². The summed E-state index contributed by atoms with van der Waals surface area (Å²) in [7, 11) is 4.20. The van der Waals surface area contributed by atoms with E-state index < -0.39 is 0 Å². The van der Waals surface area contributed by atoms with Crippen molar-refractivity contribution in [2.24, 2.45) is 5.41 Å². The molecule has 1 N–H and O–H groups in total. The number of hydrogen-bond acceptors (Lipinski definition) is 5. The van der Waals surface area contributed by atoms with E-state index in [-0.39, 0.29) is 5.41 Å². The summed E-state index contributed by atoms with van der Waals surface area (Å²) >= 11 is 0. The van der Waals surface area contributed by atoms with E-state index in [1.807, 2.05) is 12.4 Å². The van der Waals surface area contributed by atoms with Gasteiger partial charge in [0, 0.05) is 31.4 Å². The Labute approximate surface area is 125 Å². The van der Waals surface area contributed by atoms with Crippen LogP contribution in [0, 0.1) is 5.41 Å². The van der Waals surface area contributed by atoms with Crippen LogP contribution in [0.3, 0.4) is 0 Å². The standard InChI is InChI=1S/C15H24N6/c1-15(2,10-20(3)4)9-17-12-14-19-18-13(11-5-6-11)21(14)8-7-16-12/h7-8,11H,5-6,9-10H2,1-4H3,(H,16,17). The van der Waals surface area contributed by atoms with Crippen molar-refractivity contribution in [1.82, 2.24) is 24.5 Å². The summed E-state index contributed by atoms with van der Waals surface area (Å²) < 4.78 is 2.08. The molecule has 0 atom stereocenters. The predicted molar refractivity (Wildman–Crippen MR) is 83.6 cm³/mol. The average Bonchev–Trinajstić information content (AvgIpc) is 3.14. The first-order chi connectivity index (χ1) is 9.96. The predicted octanol–water partition coefficient (Wildman–Crippen LogP) is 2.00. The highest BCUT2D eigenvalue weighted by molar-refractivity contribution is 5.62. The van der Waals surface area contributed by atoms with E-state index in [2.05, 4.69) is 57.7 Å². The van der Waals surface area contributed by atoms with Crippen LogP contribution in [0.4, 0.5) is 5.82 Å². The molecule has 0 radical (unpaired) electrons. The molecule has 3 rings (SSSR count). The van der Waals surface area contributed by atoms with Gasteiger partial charge in [0.2, 0.25) is 5.65 Å². The Balaban J connectivity index is 1.78. The quantitative estimate of drug-likeness (QED) is 0.881. The zero-order valence-corrected chi connectivity index (χ0v) is 13.3. The van der Waals surface area contributed by atoms with Crippen LogP contribution < -0.4 is 5.32 Å². The lowest BCUT2D eigenvalue weighted by Crippen LogP contribution is -2.34. The minimum Gasteiger partial charge on any atom is -0.366 e. The molecule has 2 aromatic heterocycles. The van der Waals surface area contributed by atoms with E-state index in [0.29, 0.717) is 5.92 Å². The third kappa shape index (κ3) is 3.15. The van der Waals surface area contributed by atoms with Crippen LogP contribution in [0.15, 0.2) is 12.4 Å². The molecule has 6 nitrogen and oxygen atoms in total. The van der Waals surface area contributed by atoms with Gasteiger partial charge in [0.25, 0.3) is 0 Å². The van der Waals surface area contributed by atoms with Gasteiger partial charge in [-0.05, 0) is 32.4 Å². The Hall–Kier alpha value is -1.69. The maximum Gasteiger partial charge on any atom is 0.203 e. The molecule has 1 aliphatic carbocycles. The van der Waals surface area contributed by atoms with Crippen LogP contribution in [0.2, 0.25) is 0 Å². The fraction of sp³-hybridized carbons (Fsp3) is 0.667. The van der Waals surface area contributed by atoms with Gasteiger partial charge in [-0.25, -0.2) is 4.98 Å².